The Morgan fingerprint density at radius 3 is 3.00 bits per heavy atom. The van der Waals surface area contributed by atoms with Crippen LogP contribution in [0.1, 0.15) is 37.8 Å². The first-order valence-electron chi connectivity index (χ1n) is 8.49. The Morgan fingerprint density at radius 2 is 2.14 bits per heavy atom. The summed E-state index contributed by atoms with van der Waals surface area (Å²) in [5, 5.41) is 1.11. The highest BCUT2D eigenvalue weighted by Crippen LogP contribution is 2.44. The van der Waals surface area contributed by atoms with E-state index in [1.54, 1.807) is 0 Å². The molecule has 3 saturated heterocycles. The monoisotopic (exact) mass is 298 g/mol. The molecule has 0 aliphatic carbocycles. The quantitative estimate of drug-likeness (QED) is 0.818. The van der Waals surface area contributed by atoms with Crippen molar-refractivity contribution in [2.75, 3.05) is 13.1 Å². The Morgan fingerprint density at radius 1 is 1.27 bits per heavy atom. The van der Waals surface area contributed by atoms with Crippen LogP contribution in [0.4, 0.5) is 4.39 Å². The van der Waals surface area contributed by atoms with E-state index in [0.29, 0.717) is 11.8 Å². The van der Waals surface area contributed by atoms with Crippen molar-refractivity contribution in [2.24, 2.45) is 11.8 Å². The van der Waals surface area contributed by atoms with Crippen molar-refractivity contribution in [1.82, 2.24) is 9.88 Å². The highest BCUT2D eigenvalue weighted by atomic mass is 19.1. The van der Waals surface area contributed by atoms with Crippen LogP contribution in [0.15, 0.2) is 36.5 Å². The second kappa shape index (κ2) is 5.62. The number of hydrogen-bond acceptors (Lipinski definition) is 2. The average Bonchev–Trinajstić information content (AvgIpc) is 2.79. The molecule has 22 heavy (non-hydrogen) atoms. The fourth-order valence-electron chi connectivity index (χ4n) is 4.55. The highest BCUT2D eigenvalue weighted by molar-refractivity contribution is 5.82. The molecule has 0 saturated carbocycles. The molecule has 3 aliphatic heterocycles. The van der Waals surface area contributed by atoms with Gasteiger partial charge in [0.1, 0.15) is 6.17 Å². The zero-order chi connectivity index (χ0) is 15.1. The van der Waals surface area contributed by atoms with Crippen LogP contribution in [0.2, 0.25) is 0 Å². The number of fused-ring (bicyclic) bond motifs is 5. The van der Waals surface area contributed by atoms with Crippen LogP contribution >= 0.6 is 0 Å². The Kier molecular flexibility index (Phi) is 3.61. The van der Waals surface area contributed by atoms with Gasteiger partial charge in [-0.3, -0.25) is 9.88 Å². The van der Waals surface area contributed by atoms with Gasteiger partial charge >= 0.3 is 0 Å². The number of para-hydroxylation sites is 1. The largest absolute Gasteiger partial charge is 0.293 e. The first-order valence-corrected chi connectivity index (χ1v) is 8.49. The van der Waals surface area contributed by atoms with E-state index in [9.17, 15) is 0 Å². The molecule has 116 valence electrons. The second-order valence-electron chi connectivity index (χ2n) is 6.83. The van der Waals surface area contributed by atoms with E-state index in [4.69, 9.17) is 0 Å². The number of hydrogen-bond donors (Lipinski definition) is 0. The summed E-state index contributed by atoms with van der Waals surface area (Å²) in [6.07, 6.45) is 4.10. The van der Waals surface area contributed by atoms with Crippen LogP contribution in [-0.4, -0.2) is 29.1 Å². The molecule has 4 heterocycles. The lowest BCUT2D eigenvalue weighted by Gasteiger charge is -2.37. The molecule has 0 radical (unpaired) electrons. The van der Waals surface area contributed by atoms with Crippen LogP contribution in [0.5, 0.6) is 0 Å². The van der Waals surface area contributed by atoms with E-state index in [1.807, 2.05) is 30.5 Å². The molecule has 3 fully saturated rings. The summed E-state index contributed by atoms with van der Waals surface area (Å²) in [5.74, 6) is 1.22. The van der Waals surface area contributed by atoms with Gasteiger partial charge in [0.15, 0.2) is 0 Å². The SMILES string of the molecule is CC[C@H]1CN2CC[C@H]1C[C@@H](F)[C@@H]2c1ccnc2ccccc12. The fraction of sp³-hybridized carbons (Fsp3) is 0.526. The van der Waals surface area contributed by atoms with Crippen LogP contribution in [-0.2, 0) is 0 Å². The first kappa shape index (κ1) is 14.1. The molecule has 5 atom stereocenters. The smallest absolute Gasteiger partial charge is 0.120 e. The molecule has 3 aliphatic rings. The Bertz CT molecular complexity index is 666. The van der Waals surface area contributed by atoms with Crippen molar-refractivity contribution >= 4 is 10.9 Å². The van der Waals surface area contributed by atoms with Crippen LogP contribution in [0.3, 0.4) is 0 Å². The first-order chi connectivity index (χ1) is 10.8. The van der Waals surface area contributed by atoms with Gasteiger partial charge in [0.05, 0.1) is 11.6 Å². The lowest BCUT2D eigenvalue weighted by Crippen LogP contribution is -2.39. The number of benzene rings is 1. The molecular formula is C19H23FN2. The van der Waals surface area contributed by atoms with E-state index in [0.717, 1.165) is 48.8 Å². The summed E-state index contributed by atoms with van der Waals surface area (Å²) in [7, 11) is 0. The number of piperidine rings is 1. The maximum absolute atomic E-state index is 15.1. The normalized spacial score (nSPS) is 34.7. The standard InChI is InChI=1S/C19H23FN2/c1-2-13-12-22-10-8-14(13)11-17(20)19(22)16-7-9-21-18-6-4-3-5-15(16)18/h3-7,9,13-14,17,19H,2,8,10-12H2,1H3/t13-,14-,17+,19-/m0/s1. The molecule has 0 amide bonds. The van der Waals surface area contributed by atoms with Gasteiger partial charge in [-0.15, -0.1) is 0 Å². The van der Waals surface area contributed by atoms with Gasteiger partial charge < -0.3 is 0 Å². The van der Waals surface area contributed by atoms with Gasteiger partial charge in [-0.25, -0.2) is 4.39 Å². The maximum Gasteiger partial charge on any atom is 0.120 e. The van der Waals surface area contributed by atoms with E-state index in [2.05, 4.69) is 22.9 Å². The van der Waals surface area contributed by atoms with Gasteiger partial charge in [-0.2, -0.15) is 0 Å². The van der Waals surface area contributed by atoms with Crippen molar-refractivity contribution in [1.29, 1.82) is 0 Å². The minimum absolute atomic E-state index is 0.102. The van der Waals surface area contributed by atoms with Crippen LogP contribution < -0.4 is 0 Å². The molecule has 2 aromatic rings. The topological polar surface area (TPSA) is 16.1 Å². The summed E-state index contributed by atoms with van der Waals surface area (Å²) in [6, 6.07) is 10.1. The molecule has 2 nitrogen and oxygen atoms in total. The third-order valence-electron chi connectivity index (χ3n) is 5.71. The second-order valence-corrected chi connectivity index (χ2v) is 6.83. The van der Waals surface area contributed by atoms with Crippen molar-refractivity contribution in [3.05, 3.63) is 42.1 Å². The zero-order valence-electron chi connectivity index (χ0n) is 13.1. The summed E-state index contributed by atoms with van der Waals surface area (Å²) >= 11 is 0. The summed E-state index contributed by atoms with van der Waals surface area (Å²) in [4.78, 5) is 6.83. The van der Waals surface area contributed by atoms with Crippen LogP contribution in [0, 0.1) is 11.8 Å². The maximum atomic E-state index is 15.1. The molecule has 0 N–H and O–H groups in total. The summed E-state index contributed by atoms with van der Waals surface area (Å²) in [5.41, 5.74) is 2.09. The summed E-state index contributed by atoms with van der Waals surface area (Å²) < 4.78 is 15.1. The number of nitrogens with zero attached hydrogens (tertiary/aromatic N) is 2. The third kappa shape index (κ3) is 2.23. The predicted octanol–water partition coefficient (Wildman–Crippen LogP) is 4.37. The molecule has 3 heteroatoms. The zero-order valence-corrected chi connectivity index (χ0v) is 13.1. The van der Waals surface area contributed by atoms with E-state index >= 15 is 4.39 Å². The fourth-order valence-corrected chi connectivity index (χ4v) is 4.55. The number of aromatic nitrogens is 1. The lowest BCUT2D eigenvalue weighted by atomic mass is 9.83. The molecule has 1 unspecified atom stereocenters. The average molecular weight is 298 g/mol. The number of alkyl halides is 1. The molecule has 5 rings (SSSR count). The van der Waals surface area contributed by atoms with E-state index in [-0.39, 0.29) is 6.04 Å². The van der Waals surface area contributed by atoms with Gasteiger partial charge in [-0.1, -0.05) is 31.5 Å². The van der Waals surface area contributed by atoms with Gasteiger partial charge in [0.2, 0.25) is 0 Å². The highest BCUT2D eigenvalue weighted by Gasteiger charge is 2.42. The number of pyridine rings is 1. The predicted molar refractivity (Wildman–Crippen MR) is 87.5 cm³/mol. The molecule has 1 aromatic heterocycles. The minimum Gasteiger partial charge on any atom is -0.293 e. The van der Waals surface area contributed by atoms with E-state index < -0.39 is 6.17 Å². The molecular weight excluding hydrogens is 275 g/mol. The van der Waals surface area contributed by atoms with Gasteiger partial charge in [-0.05, 0) is 48.9 Å². The van der Waals surface area contributed by atoms with Crippen molar-refractivity contribution in [2.45, 2.75) is 38.4 Å². The molecule has 0 spiro atoms. The minimum atomic E-state index is -0.769. The summed E-state index contributed by atoms with van der Waals surface area (Å²) in [6.45, 7) is 4.32. The Labute approximate surface area is 131 Å². The van der Waals surface area contributed by atoms with E-state index in [1.165, 1.54) is 0 Å². The van der Waals surface area contributed by atoms with Crippen molar-refractivity contribution in [3.8, 4) is 0 Å². The van der Waals surface area contributed by atoms with Gasteiger partial charge in [0, 0.05) is 18.1 Å². The Hall–Kier alpha value is -1.48. The Balaban J connectivity index is 1.80. The van der Waals surface area contributed by atoms with Crippen LogP contribution in [0.25, 0.3) is 10.9 Å². The lowest BCUT2D eigenvalue weighted by molar-refractivity contribution is 0.0997. The van der Waals surface area contributed by atoms with Crippen molar-refractivity contribution in [3.63, 3.8) is 0 Å². The number of halogens is 1. The third-order valence-corrected chi connectivity index (χ3v) is 5.71. The number of rotatable bonds is 2. The van der Waals surface area contributed by atoms with Crippen molar-refractivity contribution < 1.29 is 4.39 Å². The molecule has 2 bridgehead atoms. The molecule has 1 aromatic carbocycles. The van der Waals surface area contributed by atoms with Gasteiger partial charge in [0.25, 0.3) is 0 Å².